The van der Waals surface area contributed by atoms with Gasteiger partial charge in [-0.1, -0.05) is 6.07 Å². The number of thiophene rings is 1. The molecule has 0 radical (unpaired) electrons. The molecule has 2 aromatic rings. The number of rotatable bonds is 4. The lowest BCUT2D eigenvalue weighted by Gasteiger charge is -2.26. The molecule has 0 aliphatic heterocycles. The van der Waals surface area contributed by atoms with Gasteiger partial charge in [0.05, 0.1) is 6.33 Å². The molecule has 0 aliphatic carbocycles. The van der Waals surface area contributed by atoms with Crippen LogP contribution < -0.4 is 10.5 Å². The second-order valence-electron chi connectivity index (χ2n) is 4.11. The Kier molecular flexibility index (Phi) is 4.19. The van der Waals surface area contributed by atoms with Crippen molar-refractivity contribution in [3.63, 3.8) is 0 Å². The zero-order valence-corrected chi connectivity index (χ0v) is 12.6. The van der Waals surface area contributed by atoms with E-state index in [0.717, 1.165) is 6.42 Å². The van der Waals surface area contributed by atoms with Crippen molar-refractivity contribution in [1.82, 2.24) is 9.97 Å². The number of H-pyrrole nitrogens is 1. The van der Waals surface area contributed by atoms with E-state index in [4.69, 9.17) is 0 Å². The average Bonchev–Trinajstić information content (AvgIpc) is 2.84. The number of aromatic nitrogens is 2. The van der Waals surface area contributed by atoms with E-state index in [1.54, 1.807) is 11.3 Å². The van der Waals surface area contributed by atoms with Gasteiger partial charge in [0.2, 0.25) is 0 Å². The van der Waals surface area contributed by atoms with Crippen LogP contribution >= 0.6 is 27.3 Å². The molecule has 0 bridgehead atoms. The summed E-state index contributed by atoms with van der Waals surface area (Å²) in [6.07, 6.45) is 2.37. The molecule has 0 fully saturated rings. The van der Waals surface area contributed by atoms with Crippen LogP contribution in [0.3, 0.4) is 0 Å². The van der Waals surface area contributed by atoms with Crippen molar-refractivity contribution in [2.24, 2.45) is 0 Å². The molecule has 2 aromatic heterocycles. The number of nitrogens with zero attached hydrogens (tertiary/aromatic N) is 2. The minimum absolute atomic E-state index is 0.157. The Morgan fingerprint density at radius 2 is 2.39 bits per heavy atom. The van der Waals surface area contributed by atoms with Crippen molar-refractivity contribution in [3.05, 3.63) is 43.5 Å². The Morgan fingerprint density at radius 3 is 3.06 bits per heavy atom. The molecule has 1 unspecified atom stereocenters. The van der Waals surface area contributed by atoms with Gasteiger partial charge in [-0.05, 0) is 34.3 Å². The Hall–Kier alpha value is -1.14. The van der Waals surface area contributed by atoms with Crippen molar-refractivity contribution < 1.29 is 0 Å². The smallest absolute Gasteiger partial charge is 0.267 e. The van der Waals surface area contributed by atoms with Crippen LogP contribution in [0.5, 0.6) is 0 Å². The number of nitrogens with one attached hydrogen (secondary N) is 1. The van der Waals surface area contributed by atoms with E-state index in [0.29, 0.717) is 10.3 Å². The van der Waals surface area contributed by atoms with Crippen LogP contribution in [-0.4, -0.2) is 23.1 Å². The predicted molar refractivity (Wildman–Crippen MR) is 78.4 cm³/mol. The normalized spacial score (nSPS) is 12.4. The second kappa shape index (κ2) is 5.67. The average molecular weight is 328 g/mol. The highest BCUT2D eigenvalue weighted by atomic mass is 79.9. The first-order valence-electron chi connectivity index (χ1n) is 5.58. The first-order chi connectivity index (χ1) is 8.59. The SMILES string of the molecule is CC(Cc1cccs1)N(C)c1nc[nH]c(=O)c1Br. The first kappa shape index (κ1) is 13.3. The summed E-state index contributed by atoms with van der Waals surface area (Å²) in [4.78, 5) is 21.6. The molecule has 0 saturated carbocycles. The molecule has 18 heavy (non-hydrogen) atoms. The number of likely N-dealkylation sites (N-methyl/N-ethyl adjacent to an activating group) is 1. The van der Waals surface area contributed by atoms with Gasteiger partial charge in [-0.2, -0.15) is 0 Å². The van der Waals surface area contributed by atoms with Crippen LogP contribution in [0.2, 0.25) is 0 Å². The molecule has 0 aliphatic rings. The molecule has 0 amide bonds. The fraction of sp³-hybridized carbons (Fsp3) is 0.333. The minimum Gasteiger partial charge on any atom is -0.355 e. The molecule has 2 heterocycles. The molecular weight excluding hydrogens is 314 g/mol. The predicted octanol–water partition coefficient (Wildman–Crippen LogP) is 2.66. The maximum atomic E-state index is 11.5. The van der Waals surface area contributed by atoms with Crippen LogP contribution in [0.1, 0.15) is 11.8 Å². The lowest BCUT2D eigenvalue weighted by molar-refractivity contribution is 0.677. The number of aromatic amines is 1. The largest absolute Gasteiger partial charge is 0.355 e. The third kappa shape index (κ3) is 2.81. The molecule has 0 spiro atoms. The molecule has 6 heteroatoms. The molecule has 1 atom stereocenters. The van der Waals surface area contributed by atoms with E-state index in [1.165, 1.54) is 11.2 Å². The highest BCUT2D eigenvalue weighted by Gasteiger charge is 2.16. The van der Waals surface area contributed by atoms with E-state index in [1.807, 2.05) is 18.0 Å². The fourth-order valence-electron chi connectivity index (χ4n) is 1.69. The fourth-order valence-corrected chi connectivity index (χ4v) is 3.01. The molecule has 0 saturated heterocycles. The summed E-state index contributed by atoms with van der Waals surface area (Å²) in [5, 5.41) is 2.07. The maximum Gasteiger partial charge on any atom is 0.267 e. The molecule has 4 nitrogen and oxygen atoms in total. The number of hydrogen-bond donors (Lipinski definition) is 1. The van der Waals surface area contributed by atoms with Gasteiger partial charge < -0.3 is 9.88 Å². The summed E-state index contributed by atoms with van der Waals surface area (Å²) < 4.78 is 0.477. The third-order valence-electron chi connectivity index (χ3n) is 2.85. The Labute approximate surface area is 118 Å². The van der Waals surface area contributed by atoms with E-state index >= 15 is 0 Å². The molecule has 0 aromatic carbocycles. The van der Waals surface area contributed by atoms with Gasteiger partial charge in [0, 0.05) is 24.4 Å². The zero-order valence-electron chi connectivity index (χ0n) is 10.2. The second-order valence-corrected chi connectivity index (χ2v) is 5.94. The van der Waals surface area contributed by atoms with E-state index in [-0.39, 0.29) is 11.6 Å². The van der Waals surface area contributed by atoms with Gasteiger partial charge in [0.1, 0.15) is 10.3 Å². The maximum absolute atomic E-state index is 11.5. The monoisotopic (exact) mass is 327 g/mol. The van der Waals surface area contributed by atoms with Crippen LogP contribution in [0.25, 0.3) is 0 Å². The van der Waals surface area contributed by atoms with Gasteiger partial charge in [-0.25, -0.2) is 4.98 Å². The van der Waals surface area contributed by atoms with Gasteiger partial charge in [-0.3, -0.25) is 4.79 Å². The van der Waals surface area contributed by atoms with E-state index in [2.05, 4.69) is 44.3 Å². The Bertz CT molecular complexity index is 567. The van der Waals surface area contributed by atoms with Crippen molar-refractivity contribution >= 4 is 33.1 Å². The van der Waals surface area contributed by atoms with Crippen LogP contribution in [0.15, 0.2) is 33.1 Å². The Balaban J connectivity index is 2.17. The lowest BCUT2D eigenvalue weighted by atomic mass is 10.2. The van der Waals surface area contributed by atoms with Gasteiger partial charge >= 0.3 is 0 Å². The van der Waals surface area contributed by atoms with Crippen LogP contribution in [0, 0.1) is 0 Å². The van der Waals surface area contributed by atoms with Crippen LogP contribution in [-0.2, 0) is 6.42 Å². The number of hydrogen-bond acceptors (Lipinski definition) is 4. The summed E-state index contributed by atoms with van der Waals surface area (Å²) in [5.74, 6) is 0.669. The summed E-state index contributed by atoms with van der Waals surface area (Å²) in [6.45, 7) is 2.12. The standard InChI is InChI=1S/C12H14BrN3OS/c1-8(6-9-4-3-5-18-9)16(2)11-10(13)12(17)15-7-14-11/h3-5,7-8H,6H2,1-2H3,(H,14,15,17). The summed E-state index contributed by atoms with van der Waals surface area (Å²) in [6, 6.07) is 4.44. The summed E-state index contributed by atoms with van der Waals surface area (Å²) >= 11 is 5.03. The van der Waals surface area contributed by atoms with E-state index < -0.39 is 0 Å². The zero-order chi connectivity index (χ0) is 13.1. The molecule has 1 N–H and O–H groups in total. The van der Waals surface area contributed by atoms with Crippen molar-refractivity contribution in [2.45, 2.75) is 19.4 Å². The van der Waals surface area contributed by atoms with Gasteiger partial charge in [0.25, 0.3) is 5.56 Å². The number of halogens is 1. The quantitative estimate of drug-likeness (QED) is 0.939. The van der Waals surface area contributed by atoms with Gasteiger partial charge in [0.15, 0.2) is 0 Å². The molecule has 2 rings (SSSR count). The highest BCUT2D eigenvalue weighted by Crippen LogP contribution is 2.22. The summed E-state index contributed by atoms with van der Waals surface area (Å²) in [5.41, 5.74) is -0.157. The Morgan fingerprint density at radius 1 is 1.61 bits per heavy atom. The van der Waals surface area contributed by atoms with E-state index in [9.17, 15) is 4.79 Å². The van der Waals surface area contributed by atoms with Crippen molar-refractivity contribution in [2.75, 3.05) is 11.9 Å². The molecular formula is C12H14BrN3OS. The number of anilines is 1. The summed E-state index contributed by atoms with van der Waals surface area (Å²) in [7, 11) is 1.95. The van der Waals surface area contributed by atoms with Crippen molar-refractivity contribution in [3.8, 4) is 0 Å². The highest BCUT2D eigenvalue weighted by molar-refractivity contribution is 9.10. The van der Waals surface area contributed by atoms with Crippen molar-refractivity contribution in [1.29, 1.82) is 0 Å². The lowest BCUT2D eigenvalue weighted by Crippen LogP contribution is -2.32. The van der Waals surface area contributed by atoms with Crippen LogP contribution in [0.4, 0.5) is 5.82 Å². The topological polar surface area (TPSA) is 49.0 Å². The van der Waals surface area contributed by atoms with Gasteiger partial charge in [-0.15, -0.1) is 11.3 Å². The minimum atomic E-state index is -0.157. The third-order valence-corrected chi connectivity index (χ3v) is 4.46. The molecule has 96 valence electrons. The first-order valence-corrected chi connectivity index (χ1v) is 7.25.